The Kier molecular flexibility index (Phi) is 5.57. The highest BCUT2D eigenvalue weighted by Gasteiger charge is 2.22. The molecule has 0 atom stereocenters. The number of carbonyl (C=O) groups excluding carboxylic acids is 2. The molecule has 9 heteroatoms. The molecule has 2 heterocycles. The zero-order chi connectivity index (χ0) is 19.6. The van der Waals surface area contributed by atoms with Gasteiger partial charge in [0.2, 0.25) is 5.91 Å². The van der Waals surface area contributed by atoms with E-state index in [0.717, 1.165) is 16.0 Å². The van der Waals surface area contributed by atoms with Crippen LogP contribution >= 0.6 is 22.9 Å². The van der Waals surface area contributed by atoms with E-state index in [-0.39, 0.29) is 30.0 Å². The third-order valence-corrected chi connectivity index (χ3v) is 4.91. The largest absolute Gasteiger partial charge is 0.461 e. The van der Waals surface area contributed by atoms with Crippen LogP contribution in [0.3, 0.4) is 0 Å². The topological polar surface area (TPSA) is 90.3 Å². The molecular weight excluding hydrogens is 390 g/mol. The Labute approximate surface area is 163 Å². The summed E-state index contributed by atoms with van der Waals surface area (Å²) < 4.78 is 6.19. The predicted molar refractivity (Wildman–Crippen MR) is 105 cm³/mol. The minimum atomic E-state index is -0.642. The van der Waals surface area contributed by atoms with Gasteiger partial charge in [-0.25, -0.2) is 4.79 Å². The molecule has 0 spiro atoms. The van der Waals surface area contributed by atoms with Crippen molar-refractivity contribution in [2.45, 2.75) is 20.3 Å². The number of hydrogen-bond donors (Lipinski definition) is 1. The predicted octanol–water partition coefficient (Wildman–Crippen LogP) is 3.63. The molecule has 0 radical (unpaired) electrons. The van der Waals surface area contributed by atoms with E-state index in [1.54, 1.807) is 43.5 Å². The van der Waals surface area contributed by atoms with Crippen molar-refractivity contribution < 1.29 is 14.3 Å². The van der Waals surface area contributed by atoms with E-state index in [2.05, 4.69) is 10.4 Å². The molecule has 1 amide bonds. The van der Waals surface area contributed by atoms with Crippen LogP contribution in [-0.4, -0.2) is 28.3 Å². The zero-order valence-electron chi connectivity index (χ0n) is 14.6. The molecule has 0 aliphatic carbocycles. The lowest BCUT2D eigenvalue weighted by atomic mass is 10.2. The number of benzene rings is 1. The third kappa shape index (κ3) is 3.72. The molecule has 1 aromatic carbocycles. The van der Waals surface area contributed by atoms with Gasteiger partial charge in [0.1, 0.15) is 5.00 Å². The van der Waals surface area contributed by atoms with Crippen molar-refractivity contribution in [3.63, 3.8) is 0 Å². The lowest BCUT2D eigenvalue weighted by Gasteiger charge is -2.10. The van der Waals surface area contributed by atoms with Crippen molar-refractivity contribution >= 4 is 50.6 Å². The molecule has 7 nitrogen and oxygen atoms in total. The van der Waals surface area contributed by atoms with Crippen molar-refractivity contribution in [2.24, 2.45) is 0 Å². The van der Waals surface area contributed by atoms with Crippen LogP contribution in [0.5, 0.6) is 0 Å². The van der Waals surface area contributed by atoms with Crippen LogP contribution in [0.25, 0.3) is 16.5 Å². The average molecular weight is 406 g/mol. The minimum Gasteiger partial charge on any atom is -0.461 e. The summed E-state index contributed by atoms with van der Waals surface area (Å²) >= 11 is 7.07. The average Bonchev–Trinajstić information content (AvgIpc) is 3.07. The van der Waals surface area contributed by atoms with Crippen LogP contribution < -0.4 is 10.9 Å². The smallest absolute Gasteiger partial charge is 0.359 e. The van der Waals surface area contributed by atoms with Crippen LogP contribution in [0.15, 0.2) is 34.4 Å². The summed E-state index contributed by atoms with van der Waals surface area (Å²) in [6, 6.07) is 6.47. The molecule has 27 heavy (non-hydrogen) atoms. The van der Waals surface area contributed by atoms with Crippen molar-refractivity contribution in [3.05, 3.63) is 50.7 Å². The number of thiophene rings is 1. The second kappa shape index (κ2) is 7.89. The van der Waals surface area contributed by atoms with Gasteiger partial charge in [-0.05, 0) is 31.2 Å². The van der Waals surface area contributed by atoms with Gasteiger partial charge in [-0.2, -0.15) is 9.78 Å². The highest BCUT2D eigenvalue weighted by Crippen LogP contribution is 2.30. The SMILES string of the molecule is CCOC(=O)c1nn(-c2ccc(Cl)cc2)c(=O)c2c(NC(=O)CC)scc12. The van der Waals surface area contributed by atoms with E-state index >= 15 is 0 Å². The first-order valence-corrected chi connectivity index (χ1v) is 9.49. The standard InChI is InChI=1S/C18H16ClN3O4S/c1-3-13(23)20-16-14-12(9-27-16)15(18(25)26-4-2)21-22(17(14)24)11-7-5-10(19)6-8-11/h5-9H,3-4H2,1-2H3,(H,20,23). The Morgan fingerprint density at radius 1 is 1.26 bits per heavy atom. The molecule has 0 aliphatic heterocycles. The Morgan fingerprint density at radius 2 is 1.96 bits per heavy atom. The van der Waals surface area contributed by atoms with Crippen molar-refractivity contribution in [2.75, 3.05) is 11.9 Å². The number of esters is 1. The fourth-order valence-electron chi connectivity index (χ4n) is 2.46. The third-order valence-electron chi connectivity index (χ3n) is 3.77. The lowest BCUT2D eigenvalue weighted by Crippen LogP contribution is -2.25. The molecular formula is C18H16ClN3O4S. The Morgan fingerprint density at radius 3 is 2.59 bits per heavy atom. The van der Waals surface area contributed by atoms with Gasteiger partial charge in [-0.3, -0.25) is 9.59 Å². The van der Waals surface area contributed by atoms with E-state index in [1.165, 1.54) is 0 Å². The number of aromatic nitrogens is 2. The Hall–Kier alpha value is -2.71. The zero-order valence-corrected chi connectivity index (χ0v) is 16.2. The number of halogens is 1. The van der Waals surface area contributed by atoms with Gasteiger partial charge < -0.3 is 10.1 Å². The van der Waals surface area contributed by atoms with Gasteiger partial charge in [0, 0.05) is 22.2 Å². The summed E-state index contributed by atoms with van der Waals surface area (Å²) in [6.07, 6.45) is 0.264. The first-order valence-electron chi connectivity index (χ1n) is 8.23. The molecule has 0 saturated heterocycles. The molecule has 2 aromatic heterocycles. The van der Waals surface area contributed by atoms with Crippen molar-refractivity contribution in [1.82, 2.24) is 9.78 Å². The van der Waals surface area contributed by atoms with Crippen LogP contribution in [0.2, 0.25) is 5.02 Å². The van der Waals surface area contributed by atoms with Gasteiger partial charge >= 0.3 is 5.97 Å². The van der Waals surface area contributed by atoms with E-state index in [1.807, 2.05) is 0 Å². The molecule has 0 saturated carbocycles. The van der Waals surface area contributed by atoms with Crippen LogP contribution in [0, 0.1) is 0 Å². The molecule has 140 valence electrons. The number of hydrogen-bond acceptors (Lipinski definition) is 6. The number of anilines is 1. The molecule has 3 rings (SSSR count). The van der Waals surface area contributed by atoms with Gasteiger partial charge in [-0.1, -0.05) is 18.5 Å². The number of carbonyl (C=O) groups is 2. The number of nitrogens with zero attached hydrogens (tertiary/aromatic N) is 2. The summed E-state index contributed by atoms with van der Waals surface area (Å²) in [5, 5.41) is 9.98. The Balaban J connectivity index is 2.29. The summed E-state index contributed by atoms with van der Waals surface area (Å²) in [5.74, 6) is -0.873. The van der Waals surface area contributed by atoms with Crippen molar-refractivity contribution in [1.29, 1.82) is 0 Å². The van der Waals surface area contributed by atoms with Crippen molar-refractivity contribution in [3.8, 4) is 5.69 Å². The molecule has 0 fully saturated rings. The summed E-state index contributed by atoms with van der Waals surface area (Å²) in [5.41, 5.74) is -0.00140. The maximum atomic E-state index is 13.1. The number of nitrogens with one attached hydrogen (secondary N) is 1. The van der Waals surface area contributed by atoms with Gasteiger partial charge in [-0.15, -0.1) is 11.3 Å². The fourth-order valence-corrected chi connectivity index (χ4v) is 3.54. The lowest BCUT2D eigenvalue weighted by molar-refractivity contribution is -0.115. The molecule has 0 bridgehead atoms. The molecule has 0 aliphatic rings. The number of amides is 1. The number of fused-ring (bicyclic) bond motifs is 1. The first kappa shape index (κ1) is 19.1. The summed E-state index contributed by atoms with van der Waals surface area (Å²) in [4.78, 5) is 37.3. The maximum absolute atomic E-state index is 13.1. The molecule has 3 aromatic rings. The number of ether oxygens (including phenoxy) is 1. The van der Waals surface area contributed by atoms with E-state index < -0.39 is 11.5 Å². The van der Waals surface area contributed by atoms with Gasteiger partial charge in [0.15, 0.2) is 5.69 Å². The fraction of sp³-hybridized carbons (Fsp3) is 0.222. The van der Waals surface area contributed by atoms with Crippen LogP contribution in [-0.2, 0) is 9.53 Å². The summed E-state index contributed by atoms with van der Waals surface area (Å²) in [7, 11) is 0. The molecule has 1 N–H and O–H groups in total. The van der Waals surface area contributed by atoms with E-state index in [0.29, 0.717) is 21.1 Å². The monoisotopic (exact) mass is 405 g/mol. The van der Waals surface area contributed by atoms with Crippen LogP contribution in [0.1, 0.15) is 30.8 Å². The van der Waals surface area contributed by atoms with E-state index in [9.17, 15) is 14.4 Å². The quantitative estimate of drug-likeness (QED) is 0.654. The van der Waals surface area contributed by atoms with E-state index in [4.69, 9.17) is 16.3 Å². The highest BCUT2D eigenvalue weighted by molar-refractivity contribution is 7.16. The highest BCUT2D eigenvalue weighted by atomic mass is 35.5. The normalized spacial score (nSPS) is 10.8. The van der Waals surface area contributed by atoms with Crippen LogP contribution in [0.4, 0.5) is 5.00 Å². The summed E-state index contributed by atoms with van der Waals surface area (Å²) in [6.45, 7) is 3.57. The number of rotatable bonds is 5. The minimum absolute atomic E-state index is 0.00893. The maximum Gasteiger partial charge on any atom is 0.359 e. The van der Waals surface area contributed by atoms with Gasteiger partial charge in [0.25, 0.3) is 5.56 Å². The first-order chi connectivity index (χ1) is 13.0. The van der Waals surface area contributed by atoms with Gasteiger partial charge in [0.05, 0.1) is 17.7 Å². The molecule has 0 unspecified atom stereocenters. The second-order valence-electron chi connectivity index (χ2n) is 5.52. The second-order valence-corrected chi connectivity index (χ2v) is 6.83. The Bertz CT molecular complexity index is 1070.